The summed E-state index contributed by atoms with van der Waals surface area (Å²) in [5.74, 6) is -0.125. The van der Waals surface area contributed by atoms with Crippen molar-refractivity contribution in [1.82, 2.24) is 15.4 Å². The van der Waals surface area contributed by atoms with Crippen molar-refractivity contribution >= 4 is 28.3 Å². The summed E-state index contributed by atoms with van der Waals surface area (Å²) in [6, 6.07) is 6.14. The van der Waals surface area contributed by atoms with Crippen molar-refractivity contribution in [2.75, 3.05) is 32.9 Å². The minimum Gasteiger partial charge on any atom is -0.378 e. The van der Waals surface area contributed by atoms with Gasteiger partial charge in [-0.15, -0.1) is 12.4 Å². The van der Waals surface area contributed by atoms with Gasteiger partial charge in [-0.05, 0) is 30.5 Å². The average Bonchev–Trinajstić information content (AvgIpc) is 3.19. The predicted molar refractivity (Wildman–Crippen MR) is 102 cm³/mol. The lowest BCUT2D eigenvalue weighted by Gasteiger charge is -2.22. The number of hydrogen-bond acceptors (Lipinski definition) is 6. The summed E-state index contributed by atoms with van der Waals surface area (Å²) in [6.07, 6.45) is 1.80. The molecule has 1 aromatic carbocycles. The minimum absolute atomic E-state index is 0. The van der Waals surface area contributed by atoms with Gasteiger partial charge in [0.25, 0.3) is 0 Å². The number of rotatable bonds is 7. The molecule has 1 amide bonds. The summed E-state index contributed by atoms with van der Waals surface area (Å²) >= 11 is 0. The van der Waals surface area contributed by atoms with Gasteiger partial charge >= 0.3 is 0 Å². The lowest BCUT2D eigenvalue weighted by molar-refractivity contribution is -0.126. The molecule has 0 spiro atoms. The third-order valence-electron chi connectivity index (χ3n) is 4.46. The van der Waals surface area contributed by atoms with E-state index in [-0.39, 0.29) is 41.9 Å². The first-order valence-corrected chi connectivity index (χ1v) is 10.3. The maximum atomic E-state index is 12.3. The number of nitrogens with one attached hydrogen (secondary N) is 3. The van der Waals surface area contributed by atoms with Crippen molar-refractivity contribution in [2.24, 2.45) is 0 Å². The number of sulfonamides is 1. The molecule has 2 unspecified atom stereocenters. The van der Waals surface area contributed by atoms with E-state index in [2.05, 4.69) is 15.4 Å². The van der Waals surface area contributed by atoms with Gasteiger partial charge in [0.1, 0.15) is 6.04 Å². The maximum absolute atomic E-state index is 12.3. The third kappa shape index (κ3) is 6.41. The van der Waals surface area contributed by atoms with Gasteiger partial charge < -0.3 is 20.1 Å². The van der Waals surface area contributed by atoms with E-state index < -0.39 is 10.0 Å². The fraction of sp³-hybridized carbons (Fsp3) is 0.588. The topological polar surface area (TPSA) is 106 Å². The highest BCUT2D eigenvalue weighted by molar-refractivity contribution is 7.89. The zero-order chi connectivity index (χ0) is 18.4. The van der Waals surface area contributed by atoms with E-state index in [0.717, 1.165) is 18.4 Å². The minimum atomic E-state index is -3.56. The molecule has 2 atom stereocenters. The quantitative estimate of drug-likeness (QED) is 0.581. The number of morpholine rings is 1. The molecule has 3 N–H and O–H groups in total. The highest BCUT2D eigenvalue weighted by atomic mass is 35.5. The molecular formula is C17H26ClN3O5S. The van der Waals surface area contributed by atoms with Crippen molar-refractivity contribution in [2.45, 2.75) is 36.4 Å². The van der Waals surface area contributed by atoms with Crippen LogP contribution in [0.2, 0.25) is 0 Å². The molecule has 0 aliphatic carbocycles. The summed E-state index contributed by atoms with van der Waals surface area (Å²) in [5, 5.41) is 5.91. The molecule has 1 aromatic rings. The standard InChI is InChI=1S/C17H25N3O5S.ClH/c21-17(16-12-24-9-7-18-16)19-10-13-3-5-15(6-4-13)26(22,23)20-11-14-2-1-8-25-14;/h3-6,14,16,18,20H,1-2,7-12H2,(H,19,21);1H. The third-order valence-corrected chi connectivity index (χ3v) is 5.90. The number of ether oxygens (including phenoxy) is 2. The van der Waals surface area contributed by atoms with E-state index in [1.165, 1.54) is 0 Å². The molecule has 10 heteroatoms. The highest BCUT2D eigenvalue weighted by Gasteiger charge is 2.21. The molecule has 2 fully saturated rings. The van der Waals surface area contributed by atoms with Crippen LogP contribution in [0.15, 0.2) is 29.2 Å². The summed E-state index contributed by atoms with van der Waals surface area (Å²) in [5.41, 5.74) is 0.827. The Labute approximate surface area is 165 Å². The Morgan fingerprint density at radius 1 is 1.22 bits per heavy atom. The average molecular weight is 420 g/mol. The lowest BCUT2D eigenvalue weighted by atomic mass is 10.2. The molecule has 0 bridgehead atoms. The van der Waals surface area contributed by atoms with Gasteiger partial charge in [0.05, 0.1) is 24.2 Å². The fourth-order valence-electron chi connectivity index (χ4n) is 2.92. The maximum Gasteiger partial charge on any atom is 0.240 e. The van der Waals surface area contributed by atoms with Crippen LogP contribution >= 0.6 is 12.4 Å². The van der Waals surface area contributed by atoms with Crippen molar-refractivity contribution in [1.29, 1.82) is 0 Å². The fourth-order valence-corrected chi connectivity index (χ4v) is 3.99. The second kappa shape index (κ2) is 10.4. The van der Waals surface area contributed by atoms with Gasteiger partial charge in [-0.25, -0.2) is 13.1 Å². The molecule has 0 aromatic heterocycles. The second-order valence-corrected chi connectivity index (χ2v) is 8.20. The molecule has 27 heavy (non-hydrogen) atoms. The molecule has 3 rings (SSSR count). The normalized spacial score (nSPS) is 22.8. The van der Waals surface area contributed by atoms with Gasteiger partial charge in [-0.2, -0.15) is 0 Å². The zero-order valence-corrected chi connectivity index (χ0v) is 16.6. The van der Waals surface area contributed by atoms with Crippen LogP contribution in [-0.4, -0.2) is 59.4 Å². The van der Waals surface area contributed by atoms with E-state index in [1.807, 2.05) is 0 Å². The molecule has 0 radical (unpaired) electrons. The predicted octanol–water partition coefficient (Wildman–Crippen LogP) is 0.170. The molecule has 152 valence electrons. The first kappa shape index (κ1) is 22.1. The Balaban J connectivity index is 0.00000261. The smallest absolute Gasteiger partial charge is 0.240 e. The first-order valence-electron chi connectivity index (χ1n) is 8.84. The highest BCUT2D eigenvalue weighted by Crippen LogP contribution is 2.14. The largest absolute Gasteiger partial charge is 0.378 e. The van der Waals surface area contributed by atoms with Crippen LogP contribution in [0.5, 0.6) is 0 Å². The van der Waals surface area contributed by atoms with E-state index in [4.69, 9.17) is 9.47 Å². The zero-order valence-electron chi connectivity index (χ0n) is 15.0. The molecule has 2 saturated heterocycles. The van der Waals surface area contributed by atoms with E-state index >= 15 is 0 Å². The molecular weight excluding hydrogens is 394 g/mol. The van der Waals surface area contributed by atoms with Gasteiger partial charge in [0.2, 0.25) is 15.9 Å². The molecule has 8 nitrogen and oxygen atoms in total. The van der Waals surface area contributed by atoms with Crippen LogP contribution in [-0.2, 0) is 30.8 Å². The summed E-state index contributed by atoms with van der Waals surface area (Å²) in [6.45, 7) is 2.94. The Morgan fingerprint density at radius 3 is 2.63 bits per heavy atom. The second-order valence-electron chi connectivity index (χ2n) is 6.43. The first-order chi connectivity index (χ1) is 12.5. The Morgan fingerprint density at radius 2 is 2.00 bits per heavy atom. The van der Waals surface area contributed by atoms with Crippen LogP contribution < -0.4 is 15.4 Å². The van der Waals surface area contributed by atoms with Crippen molar-refractivity contribution in [3.8, 4) is 0 Å². The van der Waals surface area contributed by atoms with Gasteiger partial charge in [0, 0.05) is 26.2 Å². The van der Waals surface area contributed by atoms with Crippen molar-refractivity contribution < 1.29 is 22.7 Å². The Kier molecular flexibility index (Phi) is 8.46. The Hall–Kier alpha value is -1.23. The van der Waals surface area contributed by atoms with Gasteiger partial charge in [-0.3, -0.25) is 4.79 Å². The SMILES string of the molecule is Cl.O=C(NCc1ccc(S(=O)(=O)NCC2CCCO2)cc1)C1COCCN1. The summed E-state index contributed by atoms with van der Waals surface area (Å²) in [7, 11) is -3.56. The summed E-state index contributed by atoms with van der Waals surface area (Å²) in [4.78, 5) is 12.2. The monoisotopic (exact) mass is 419 g/mol. The van der Waals surface area contributed by atoms with Crippen LogP contribution in [0.1, 0.15) is 18.4 Å². The lowest BCUT2D eigenvalue weighted by Crippen LogP contribution is -2.51. The molecule has 2 heterocycles. The number of carbonyl (C=O) groups is 1. The van der Waals surface area contributed by atoms with Crippen molar-refractivity contribution in [3.05, 3.63) is 29.8 Å². The van der Waals surface area contributed by atoms with Crippen LogP contribution in [0.4, 0.5) is 0 Å². The van der Waals surface area contributed by atoms with E-state index in [0.29, 0.717) is 32.9 Å². The number of halogens is 1. The van der Waals surface area contributed by atoms with Crippen molar-refractivity contribution in [3.63, 3.8) is 0 Å². The van der Waals surface area contributed by atoms with E-state index in [9.17, 15) is 13.2 Å². The Bertz CT molecular complexity index is 702. The number of amides is 1. The van der Waals surface area contributed by atoms with Gasteiger partial charge in [0.15, 0.2) is 0 Å². The number of carbonyl (C=O) groups excluding carboxylic acids is 1. The number of hydrogen-bond donors (Lipinski definition) is 3. The molecule has 2 aliphatic rings. The molecule has 0 saturated carbocycles. The van der Waals surface area contributed by atoms with Crippen LogP contribution in [0.25, 0.3) is 0 Å². The van der Waals surface area contributed by atoms with Gasteiger partial charge in [-0.1, -0.05) is 12.1 Å². The van der Waals surface area contributed by atoms with Crippen LogP contribution in [0.3, 0.4) is 0 Å². The number of benzene rings is 1. The van der Waals surface area contributed by atoms with Crippen LogP contribution in [0, 0.1) is 0 Å². The summed E-state index contributed by atoms with van der Waals surface area (Å²) < 4.78 is 37.9. The molecule has 2 aliphatic heterocycles. The van der Waals surface area contributed by atoms with E-state index in [1.54, 1.807) is 24.3 Å².